The van der Waals surface area contributed by atoms with Gasteiger partial charge in [0, 0.05) is 16.7 Å². The molecule has 0 amide bonds. The highest BCUT2D eigenvalue weighted by Gasteiger charge is 2.16. The van der Waals surface area contributed by atoms with E-state index in [0.717, 1.165) is 28.1 Å². The average Bonchev–Trinajstić information content (AvgIpc) is 3.14. The summed E-state index contributed by atoms with van der Waals surface area (Å²) >= 11 is 0. The topological polar surface area (TPSA) is 25.8 Å². The minimum atomic E-state index is 0.716. The fourth-order valence-electron chi connectivity index (χ4n) is 6.86. The number of aromatic nitrogens is 2. The van der Waals surface area contributed by atoms with E-state index in [9.17, 15) is 0 Å². The quantitative estimate of drug-likeness (QED) is 0.152. The molecule has 0 N–H and O–H groups in total. The van der Waals surface area contributed by atoms with E-state index in [1.54, 1.807) is 0 Å². The van der Waals surface area contributed by atoms with E-state index in [1.165, 1.54) is 54.2 Å². The van der Waals surface area contributed by atoms with E-state index in [-0.39, 0.29) is 0 Å². The minimum absolute atomic E-state index is 0.716. The molecule has 9 rings (SSSR count). The standard InChI is InChI=1S/C44H28N2/c1-2-14-31(15-3-1)44-45-41(28-42(46-44)38-23-11-17-29-12-4-7-20-35(29)38)33-18-10-19-34(26-33)43-37-22-9-6-16-32(37)27-40-36-21-8-5-13-30(36)24-25-39(40)43/h1-28H. The van der Waals surface area contributed by atoms with Gasteiger partial charge < -0.3 is 0 Å². The Balaban J connectivity index is 1.29. The zero-order valence-electron chi connectivity index (χ0n) is 25.1. The Kier molecular flexibility index (Phi) is 6.17. The van der Waals surface area contributed by atoms with Crippen molar-refractivity contribution >= 4 is 43.1 Å². The van der Waals surface area contributed by atoms with Crippen molar-refractivity contribution in [3.8, 4) is 45.0 Å². The third kappa shape index (κ3) is 4.43. The van der Waals surface area contributed by atoms with Crippen LogP contribution in [0, 0.1) is 0 Å². The van der Waals surface area contributed by atoms with Gasteiger partial charge in [0.25, 0.3) is 0 Å². The van der Waals surface area contributed by atoms with Crippen molar-refractivity contribution < 1.29 is 0 Å². The maximum atomic E-state index is 5.17. The number of rotatable bonds is 4. The summed E-state index contributed by atoms with van der Waals surface area (Å²) in [4.78, 5) is 10.3. The van der Waals surface area contributed by atoms with Gasteiger partial charge in [-0.1, -0.05) is 152 Å². The molecule has 0 atom stereocenters. The highest BCUT2D eigenvalue weighted by molar-refractivity contribution is 6.20. The van der Waals surface area contributed by atoms with Gasteiger partial charge in [0.2, 0.25) is 0 Å². The first-order chi connectivity index (χ1) is 22.8. The van der Waals surface area contributed by atoms with Crippen LogP contribution in [0.5, 0.6) is 0 Å². The Hall–Kier alpha value is -6.12. The van der Waals surface area contributed by atoms with Crippen LogP contribution in [-0.2, 0) is 0 Å². The van der Waals surface area contributed by atoms with Gasteiger partial charge in [-0.05, 0) is 72.4 Å². The van der Waals surface area contributed by atoms with E-state index in [4.69, 9.17) is 9.97 Å². The van der Waals surface area contributed by atoms with Crippen LogP contribution in [0.4, 0.5) is 0 Å². The molecule has 2 nitrogen and oxygen atoms in total. The Labute approximate surface area is 267 Å². The van der Waals surface area contributed by atoms with E-state index in [2.05, 4.69) is 152 Å². The smallest absolute Gasteiger partial charge is 0.160 e. The van der Waals surface area contributed by atoms with Crippen molar-refractivity contribution in [3.05, 3.63) is 170 Å². The summed E-state index contributed by atoms with van der Waals surface area (Å²) in [5, 5.41) is 9.88. The summed E-state index contributed by atoms with van der Waals surface area (Å²) in [5.74, 6) is 0.716. The van der Waals surface area contributed by atoms with Gasteiger partial charge in [0.15, 0.2) is 5.82 Å². The van der Waals surface area contributed by atoms with Crippen molar-refractivity contribution in [1.29, 1.82) is 0 Å². The van der Waals surface area contributed by atoms with Gasteiger partial charge in [-0.15, -0.1) is 0 Å². The lowest BCUT2D eigenvalue weighted by atomic mass is 9.89. The van der Waals surface area contributed by atoms with Crippen LogP contribution < -0.4 is 0 Å². The first kappa shape index (κ1) is 26.3. The molecule has 46 heavy (non-hydrogen) atoms. The van der Waals surface area contributed by atoms with Gasteiger partial charge in [-0.25, -0.2) is 9.97 Å². The van der Waals surface area contributed by atoms with E-state index in [0.29, 0.717) is 5.82 Å². The molecule has 0 saturated heterocycles. The summed E-state index contributed by atoms with van der Waals surface area (Å²) in [7, 11) is 0. The molecule has 8 aromatic carbocycles. The predicted octanol–water partition coefficient (Wildman–Crippen LogP) is 11.8. The summed E-state index contributed by atoms with van der Waals surface area (Å²) in [5.41, 5.74) is 7.37. The molecule has 0 aliphatic heterocycles. The Bertz CT molecular complexity index is 2580. The third-order valence-electron chi connectivity index (χ3n) is 9.04. The molecular weight excluding hydrogens is 556 g/mol. The summed E-state index contributed by atoms with van der Waals surface area (Å²) in [6.45, 7) is 0. The van der Waals surface area contributed by atoms with Gasteiger partial charge in [0.1, 0.15) is 0 Å². The second-order valence-corrected chi connectivity index (χ2v) is 11.8. The minimum Gasteiger partial charge on any atom is -0.228 e. The van der Waals surface area contributed by atoms with Crippen molar-refractivity contribution in [3.63, 3.8) is 0 Å². The molecule has 0 aliphatic carbocycles. The van der Waals surface area contributed by atoms with E-state index in [1.807, 2.05) is 18.2 Å². The normalized spacial score (nSPS) is 11.5. The Morgan fingerprint density at radius 2 is 0.913 bits per heavy atom. The lowest BCUT2D eigenvalue weighted by molar-refractivity contribution is 1.18. The molecule has 0 unspecified atom stereocenters. The molecule has 0 bridgehead atoms. The molecule has 2 heteroatoms. The largest absolute Gasteiger partial charge is 0.228 e. The number of fused-ring (bicyclic) bond motifs is 5. The molecule has 0 fully saturated rings. The van der Waals surface area contributed by atoms with E-state index < -0.39 is 0 Å². The number of hydrogen-bond donors (Lipinski definition) is 0. The maximum Gasteiger partial charge on any atom is 0.160 e. The van der Waals surface area contributed by atoms with Crippen molar-refractivity contribution in [2.45, 2.75) is 0 Å². The van der Waals surface area contributed by atoms with Crippen molar-refractivity contribution in [1.82, 2.24) is 9.97 Å². The molecule has 1 aromatic heterocycles. The van der Waals surface area contributed by atoms with Crippen molar-refractivity contribution in [2.75, 3.05) is 0 Å². The second-order valence-electron chi connectivity index (χ2n) is 11.8. The summed E-state index contributed by atoms with van der Waals surface area (Å²) < 4.78 is 0. The van der Waals surface area contributed by atoms with Crippen LogP contribution in [0.1, 0.15) is 0 Å². The maximum absolute atomic E-state index is 5.17. The SMILES string of the molecule is c1ccc(-c2nc(-c3cccc(-c4c5ccccc5cc5c4ccc4ccccc45)c3)cc(-c3cccc4ccccc34)n2)cc1. The fourth-order valence-corrected chi connectivity index (χ4v) is 6.86. The van der Waals surface area contributed by atoms with E-state index >= 15 is 0 Å². The van der Waals surface area contributed by atoms with Gasteiger partial charge in [-0.2, -0.15) is 0 Å². The summed E-state index contributed by atoms with van der Waals surface area (Å²) in [6, 6.07) is 60.4. The predicted molar refractivity (Wildman–Crippen MR) is 194 cm³/mol. The first-order valence-electron chi connectivity index (χ1n) is 15.7. The highest BCUT2D eigenvalue weighted by Crippen LogP contribution is 2.40. The molecular formula is C44H28N2. The molecule has 1 heterocycles. The fraction of sp³-hybridized carbons (Fsp3) is 0. The lowest BCUT2D eigenvalue weighted by Crippen LogP contribution is -1.96. The molecule has 9 aromatic rings. The van der Waals surface area contributed by atoms with Gasteiger partial charge in [-0.3, -0.25) is 0 Å². The number of benzene rings is 8. The molecule has 0 radical (unpaired) electrons. The zero-order chi connectivity index (χ0) is 30.5. The zero-order valence-corrected chi connectivity index (χ0v) is 25.1. The van der Waals surface area contributed by atoms with Crippen LogP contribution >= 0.6 is 0 Å². The lowest BCUT2D eigenvalue weighted by Gasteiger charge is -2.15. The Morgan fingerprint density at radius 1 is 0.304 bits per heavy atom. The first-order valence-corrected chi connectivity index (χ1v) is 15.7. The molecule has 0 aliphatic rings. The molecule has 0 spiro atoms. The van der Waals surface area contributed by atoms with Crippen molar-refractivity contribution in [2.24, 2.45) is 0 Å². The van der Waals surface area contributed by atoms with Crippen LogP contribution in [-0.4, -0.2) is 9.97 Å². The second kappa shape index (κ2) is 10.8. The third-order valence-corrected chi connectivity index (χ3v) is 9.04. The number of nitrogens with zero attached hydrogens (tertiary/aromatic N) is 2. The molecule has 0 saturated carbocycles. The number of hydrogen-bond acceptors (Lipinski definition) is 2. The highest BCUT2D eigenvalue weighted by atomic mass is 14.9. The monoisotopic (exact) mass is 584 g/mol. The van der Waals surface area contributed by atoms with Crippen LogP contribution in [0.15, 0.2) is 170 Å². The van der Waals surface area contributed by atoms with Crippen LogP contribution in [0.25, 0.3) is 88.1 Å². The van der Waals surface area contributed by atoms with Crippen LogP contribution in [0.2, 0.25) is 0 Å². The van der Waals surface area contributed by atoms with Gasteiger partial charge in [0.05, 0.1) is 11.4 Å². The average molecular weight is 585 g/mol. The molecule has 214 valence electrons. The van der Waals surface area contributed by atoms with Crippen LogP contribution in [0.3, 0.4) is 0 Å². The van der Waals surface area contributed by atoms with Gasteiger partial charge >= 0.3 is 0 Å². The summed E-state index contributed by atoms with van der Waals surface area (Å²) in [6.07, 6.45) is 0. The Morgan fingerprint density at radius 3 is 1.76 bits per heavy atom.